The van der Waals surface area contributed by atoms with Gasteiger partial charge in [-0.15, -0.1) is 0 Å². The minimum absolute atomic E-state index is 0. The molecule has 0 N–H and O–H groups in total. The topological polar surface area (TPSA) is 0 Å². The van der Waals surface area contributed by atoms with E-state index in [0.29, 0.717) is 0 Å². The molecule has 0 heterocycles. The smallest absolute Gasteiger partial charge is 0.192 e. The Balaban J connectivity index is 0.00000387. The van der Waals surface area contributed by atoms with Crippen molar-refractivity contribution in [3.63, 3.8) is 0 Å². The summed E-state index contributed by atoms with van der Waals surface area (Å²) in [7, 11) is 0. The van der Waals surface area contributed by atoms with Crippen LogP contribution in [0.2, 0.25) is 0 Å². The van der Waals surface area contributed by atoms with Crippen molar-refractivity contribution < 1.29 is 21.1 Å². The van der Waals surface area contributed by atoms with Crippen molar-refractivity contribution in [2.45, 2.75) is 132 Å². The molecular formula is C40H52Pt. The summed E-state index contributed by atoms with van der Waals surface area (Å²) >= 11 is 0. The predicted molar refractivity (Wildman–Crippen MR) is 174 cm³/mol. The molecule has 8 bridgehead atoms. The Morgan fingerprint density at radius 3 is 0.512 bits per heavy atom. The normalized spacial score (nSPS) is 13.1. The Labute approximate surface area is 265 Å². The molecule has 0 radical (unpaired) electrons. The summed E-state index contributed by atoms with van der Waals surface area (Å²) in [5.74, 6) is 0. The number of fused-ring (bicyclic) bond motifs is 8. The van der Waals surface area contributed by atoms with Crippen LogP contribution in [0.5, 0.6) is 0 Å². The molecule has 1 aliphatic carbocycles. The van der Waals surface area contributed by atoms with E-state index >= 15 is 0 Å². The van der Waals surface area contributed by atoms with E-state index in [2.05, 4.69) is 79.7 Å². The van der Waals surface area contributed by atoms with E-state index in [9.17, 15) is 0 Å². The van der Waals surface area contributed by atoms with Crippen molar-refractivity contribution in [2.75, 3.05) is 0 Å². The molecule has 4 aromatic rings. The first-order valence-corrected chi connectivity index (χ1v) is 16.6. The Morgan fingerprint density at radius 2 is 0.415 bits per heavy atom. The van der Waals surface area contributed by atoms with Gasteiger partial charge in [-0.3, -0.25) is 0 Å². The SMILES string of the molecule is CCc1c2[cH-]c(c1CC)Cc1[cH-]c(c(CC)c1CC)Cc1[cH-]c(c(CC)c1CC)Cc1[cH-]c(c(CC)c1CC)C2.[Pt+4]. The standard InChI is InChI=1S/C40H52.Pt/c1-9-33-25-17-26(34(33)10-2)22-28-19-30(38(14-6)36(28)12-4)24-32-20-31(39(15-7)40(32)16-8)23-29-18-27(21-25)35(11-3)37(29)13-5;/h17-20H,9-16,21-24H2,1-8H3;/q-4;+4. The van der Waals surface area contributed by atoms with E-state index in [4.69, 9.17) is 0 Å². The summed E-state index contributed by atoms with van der Waals surface area (Å²) in [6.45, 7) is 19.0. The van der Waals surface area contributed by atoms with Gasteiger partial charge in [0.15, 0.2) is 0 Å². The van der Waals surface area contributed by atoms with E-state index in [0.717, 1.165) is 77.0 Å². The quantitative estimate of drug-likeness (QED) is 0.140. The van der Waals surface area contributed by atoms with Crippen molar-refractivity contribution in [1.82, 2.24) is 0 Å². The Bertz CT molecular complexity index is 1150. The van der Waals surface area contributed by atoms with Gasteiger partial charge >= 0.3 is 21.1 Å². The van der Waals surface area contributed by atoms with Crippen molar-refractivity contribution in [1.29, 1.82) is 0 Å². The molecule has 4 aromatic carbocycles. The van der Waals surface area contributed by atoms with Gasteiger partial charge in [-0.05, 0) is 25.7 Å². The molecule has 41 heavy (non-hydrogen) atoms. The summed E-state index contributed by atoms with van der Waals surface area (Å²) in [4.78, 5) is 0. The van der Waals surface area contributed by atoms with Gasteiger partial charge in [0, 0.05) is 0 Å². The van der Waals surface area contributed by atoms with Crippen LogP contribution >= 0.6 is 0 Å². The maximum atomic E-state index is 2.62. The Morgan fingerprint density at radius 1 is 0.293 bits per heavy atom. The Kier molecular flexibility index (Phi) is 10.6. The average molecular weight is 728 g/mol. The van der Waals surface area contributed by atoms with Gasteiger partial charge in [0.2, 0.25) is 0 Å². The van der Waals surface area contributed by atoms with Gasteiger partial charge in [-0.25, -0.2) is 0 Å². The number of rotatable bonds is 8. The molecule has 1 aliphatic rings. The summed E-state index contributed by atoms with van der Waals surface area (Å²) in [5, 5.41) is 0. The number of hydrogen-bond acceptors (Lipinski definition) is 0. The molecule has 0 amide bonds. The van der Waals surface area contributed by atoms with Gasteiger partial charge < -0.3 is 0 Å². The van der Waals surface area contributed by atoms with Crippen molar-refractivity contribution in [3.05, 3.63) is 113 Å². The van der Waals surface area contributed by atoms with E-state index in [1.807, 2.05) is 0 Å². The summed E-state index contributed by atoms with van der Waals surface area (Å²) in [6, 6.07) is 10.5. The van der Waals surface area contributed by atoms with Crippen LogP contribution < -0.4 is 0 Å². The first-order chi connectivity index (χ1) is 19.5. The third-order valence-electron chi connectivity index (χ3n) is 10.3. The minimum atomic E-state index is 0. The second kappa shape index (κ2) is 13.6. The zero-order chi connectivity index (χ0) is 28.6. The molecule has 222 valence electrons. The largest absolute Gasteiger partial charge is 4.00 e. The predicted octanol–water partition coefficient (Wildman–Crippen LogP) is 9.74. The first kappa shape index (κ1) is 32.0. The van der Waals surface area contributed by atoms with Crippen LogP contribution in [-0.2, 0) is 98.1 Å². The monoisotopic (exact) mass is 727 g/mol. The summed E-state index contributed by atoms with van der Waals surface area (Å²) in [6.07, 6.45) is 13.4. The van der Waals surface area contributed by atoms with Crippen LogP contribution in [0.25, 0.3) is 0 Å². The molecule has 0 aliphatic heterocycles. The van der Waals surface area contributed by atoms with Crippen LogP contribution in [0, 0.1) is 0 Å². The Hall–Kier alpha value is -1.91. The summed E-state index contributed by atoms with van der Waals surface area (Å²) in [5.41, 5.74) is 25.8. The van der Waals surface area contributed by atoms with E-state index in [1.165, 1.54) is 0 Å². The fourth-order valence-corrected chi connectivity index (χ4v) is 8.69. The molecular weight excluding hydrogens is 676 g/mol. The second-order valence-corrected chi connectivity index (χ2v) is 12.1. The molecule has 0 atom stereocenters. The first-order valence-electron chi connectivity index (χ1n) is 16.6. The molecule has 0 fully saturated rings. The van der Waals surface area contributed by atoms with E-state index in [1.54, 1.807) is 89.0 Å². The molecule has 0 saturated carbocycles. The third kappa shape index (κ3) is 5.60. The van der Waals surface area contributed by atoms with Gasteiger partial charge in [-0.2, -0.15) is 113 Å². The summed E-state index contributed by atoms with van der Waals surface area (Å²) < 4.78 is 0. The van der Waals surface area contributed by atoms with Gasteiger partial charge in [0.25, 0.3) is 0 Å². The zero-order valence-electron chi connectivity index (χ0n) is 27.1. The van der Waals surface area contributed by atoms with Crippen LogP contribution in [0.4, 0.5) is 0 Å². The maximum Gasteiger partial charge on any atom is 4.00 e. The second-order valence-electron chi connectivity index (χ2n) is 12.1. The van der Waals surface area contributed by atoms with Crippen LogP contribution in [0.15, 0.2) is 24.3 Å². The van der Waals surface area contributed by atoms with E-state index < -0.39 is 0 Å². The molecule has 0 nitrogen and oxygen atoms in total. The molecule has 5 rings (SSSR count). The number of hydrogen-bond donors (Lipinski definition) is 0. The molecule has 0 spiro atoms. The van der Waals surface area contributed by atoms with Crippen LogP contribution in [0.3, 0.4) is 0 Å². The van der Waals surface area contributed by atoms with Crippen LogP contribution in [-0.4, -0.2) is 0 Å². The maximum absolute atomic E-state index is 2.62. The average Bonchev–Trinajstić information content (AvgIpc) is 3.67. The molecule has 0 unspecified atom stereocenters. The van der Waals surface area contributed by atoms with E-state index in [-0.39, 0.29) is 21.1 Å². The van der Waals surface area contributed by atoms with Gasteiger partial charge in [0.05, 0.1) is 0 Å². The van der Waals surface area contributed by atoms with Crippen LogP contribution in [0.1, 0.15) is 144 Å². The minimum Gasteiger partial charge on any atom is -0.192 e. The molecule has 0 saturated heterocycles. The van der Waals surface area contributed by atoms with Crippen molar-refractivity contribution in [3.8, 4) is 0 Å². The van der Waals surface area contributed by atoms with Crippen molar-refractivity contribution >= 4 is 0 Å². The van der Waals surface area contributed by atoms with Crippen molar-refractivity contribution in [2.24, 2.45) is 0 Å². The fraction of sp³-hybridized carbons (Fsp3) is 0.500. The molecule has 0 aromatic heterocycles. The zero-order valence-corrected chi connectivity index (χ0v) is 29.4. The molecule has 1 heteroatoms. The fourth-order valence-electron chi connectivity index (χ4n) is 8.69. The third-order valence-corrected chi connectivity index (χ3v) is 10.3. The van der Waals surface area contributed by atoms with Gasteiger partial charge in [-0.1, -0.05) is 107 Å². The van der Waals surface area contributed by atoms with Gasteiger partial charge in [0.1, 0.15) is 0 Å².